The number of nitrogens with zero attached hydrogens (tertiary/aromatic N) is 1. The van der Waals surface area contributed by atoms with Gasteiger partial charge >= 0.3 is 0 Å². The van der Waals surface area contributed by atoms with Gasteiger partial charge in [-0.25, -0.2) is 4.39 Å². The zero-order valence-corrected chi connectivity index (χ0v) is 20.6. The quantitative estimate of drug-likeness (QED) is 0.260. The van der Waals surface area contributed by atoms with E-state index in [9.17, 15) is 14.4 Å². The van der Waals surface area contributed by atoms with Crippen molar-refractivity contribution in [3.05, 3.63) is 97.2 Å². The lowest BCUT2D eigenvalue weighted by molar-refractivity contribution is -0.112. The van der Waals surface area contributed by atoms with Crippen molar-refractivity contribution in [2.45, 2.75) is 20.5 Å². The van der Waals surface area contributed by atoms with Crippen LogP contribution in [-0.4, -0.2) is 5.91 Å². The van der Waals surface area contributed by atoms with Crippen LogP contribution in [0.1, 0.15) is 22.3 Å². The van der Waals surface area contributed by atoms with E-state index in [1.807, 2.05) is 32.0 Å². The van der Waals surface area contributed by atoms with Gasteiger partial charge in [0.2, 0.25) is 0 Å². The molecule has 7 heteroatoms. The molecule has 0 heterocycles. The van der Waals surface area contributed by atoms with Gasteiger partial charge in [-0.1, -0.05) is 24.3 Å². The van der Waals surface area contributed by atoms with E-state index in [4.69, 9.17) is 4.74 Å². The Hall–Kier alpha value is -2.95. The Morgan fingerprint density at radius 2 is 1.78 bits per heavy atom. The lowest BCUT2D eigenvalue weighted by atomic mass is 10.1. The number of carbonyl (C=O) groups is 1. The molecule has 0 aliphatic carbocycles. The van der Waals surface area contributed by atoms with Gasteiger partial charge in [0, 0.05) is 11.3 Å². The number of amides is 1. The average molecular weight is 558 g/mol. The molecule has 4 nitrogen and oxygen atoms in total. The predicted molar refractivity (Wildman–Crippen MR) is 131 cm³/mol. The summed E-state index contributed by atoms with van der Waals surface area (Å²) >= 11 is 6.89. The van der Waals surface area contributed by atoms with Crippen molar-refractivity contribution in [2.24, 2.45) is 0 Å². The Labute approximate surface area is 203 Å². The highest BCUT2D eigenvalue weighted by Gasteiger charge is 2.13. The molecule has 0 spiro atoms. The van der Waals surface area contributed by atoms with Crippen molar-refractivity contribution in [1.29, 1.82) is 5.26 Å². The van der Waals surface area contributed by atoms with Gasteiger partial charge in [0.1, 0.15) is 29.8 Å². The van der Waals surface area contributed by atoms with E-state index in [0.29, 0.717) is 31.5 Å². The second-order valence-electron chi connectivity index (χ2n) is 7.12. The van der Waals surface area contributed by atoms with Crippen LogP contribution in [0.3, 0.4) is 0 Å². The number of anilines is 1. The van der Waals surface area contributed by atoms with Crippen LogP contribution in [0.4, 0.5) is 10.1 Å². The van der Waals surface area contributed by atoms with E-state index >= 15 is 0 Å². The van der Waals surface area contributed by atoms with Crippen LogP contribution in [-0.2, 0) is 11.4 Å². The Bertz CT molecular complexity index is 1230. The number of aryl methyl sites for hydroxylation is 2. The number of hydrogen-bond acceptors (Lipinski definition) is 3. The first-order valence-corrected chi connectivity index (χ1v) is 11.2. The summed E-state index contributed by atoms with van der Waals surface area (Å²) in [5.74, 6) is -0.348. The van der Waals surface area contributed by atoms with Gasteiger partial charge < -0.3 is 10.1 Å². The van der Waals surface area contributed by atoms with E-state index in [1.165, 1.54) is 12.1 Å². The van der Waals surface area contributed by atoms with Crippen molar-refractivity contribution in [1.82, 2.24) is 0 Å². The third kappa shape index (κ3) is 5.84. The maximum atomic E-state index is 13.8. The van der Waals surface area contributed by atoms with Crippen LogP contribution < -0.4 is 10.1 Å². The first kappa shape index (κ1) is 23.7. The third-order valence-corrected chi connectivity index (χ3v) is 5.97. The number of nitriles is 1. The van der Waals surface area contributed by atoms with Gasteiger partial charge in [-0.15, -0.1) is 0 Å². The zero-order valence-electron chi connectivity index (χ0n) is 17.4. The first-order valence-electron chi connectivity index (χ1n) is 9.64. The molecular formula is C25H19Br2FN2O2. The highest BCUT2D eigenvalue weighted by atomic mass is 79.9. The summed E-state index contributed by atoms with van der Waals surface area (Å²) in [5, 5.41) is 12.3. The minimum atomic E-state index is -0.497. The number of benzene rings is 3. The lowest BCUT2D eigenvalue weighted by Crippen LogP contribution is -2.13. The molecule has 0 bridgehead atoms. The second kappa shape index (κ2) is 10.6. The maximum absolute atomic E-state index is 13.8. The predicted octanol–water partition coefficient (Wildman–Crippen LogP) is 7.09. The van der Waals surface area contributed by atoms with Gasteiger partial charge in [-0.05, 0) is 98.8 Å². The molecule has 0 aliphatic rings. The number of hydrogen-bond donors (Lipinski definition) is 1. The Kier molecular flexibility index (Phi) is 7.84. The SMILES string of the molecule is Cc1ccc(NC(=O)/C(C#N)=C/c2cc(Br)c(OCc3ccccc3F)c(Br)c2)cc1C. The molecule has 3 rings (SSSR count). The summed E-state index contributed by atoms with van der Waals surface area (Å²) in [6.45, 7) is 4.00. The Morgan fingerprint density at radius 1 is 1.09 bits per heavy atom. The first-order chi connectivity index (χ1) is 15.3. The van der Waals surface area contributed by atoms with Gasteiger partial charge in [-0.2, -0.15) is 5.26 Å². The fourth-order valence-corrected chi connectivity index (χ4v) is 4.35. The molecule has 3 aromatic carbocycles. The van der Waals surface area contributed by atoms with Crippen molar-refractivity contribution in [3.63, 3.8) is 0 Å². The van der Waals surface area contributed by atoms with Crippen molar-refractivity contribution < 1.29 is 13.9 Å². The summed E-state index contributed by atoms with van der Waals surface area (Å²) in [7, 11) is 0. The van der Waals surface area contributed by atoms with Gasteiger partial charge in [-0.3, -0.25) is 4.79 Å². The van der Waals surface area contributed by atoms with E-state index in [0.717, 1.165) is 11.1 Å². The van der Waals surface area contributed by atoms with Crippen LogP contribution in [0, 0.1) is 31.0 Å². The summed E-state index contributed by atoms with van der Waals surface area (Å²) in [4.78, 5) is 12.6. The highest BCUT2D eigenvalue weighted by Crippen LogP contribution is 2.36. The molecule has 3 aromatic rings. The summed E-state index contributed by atoms with van der Waals surface area (Å²) in [5.41, 5.74) is 3.80. The molecule has 0 radical (unpaired) electrons. The van der Waals surface area contributed by atoms with E-state index in [2.05, 4.69) is 37.2 Å². The minimum Gasteiger partial charge on any atom is -0.486 e. The largest absolute Gasteiger partial charge is 0.486 e. The monoisotopic (exact) mass is 556 g/mol. The molecule has 1 N–H and O–H groups in total. The second-order valence-corrected chi connectivity index (χ2v) is 8.83. The van der Waals surface area contributed by atoms with E-state index in [1.54, 1.807) is 36.4 Å². The lowest BCUT2D eigenvalue weighted by Gasteiger charge is -2.12. The number of ether oxygens (including phenoxy) is 1. The van der Waals surface area contributed by atoms with Crippen LogP contribution in [0.2, 0.25) is 0 Å². The molecule has 0 unspecified atom stereocenters. The van der Waals surface area contributed by atoms with Gasteiger partial charge in [0.15, 0.2) is 0 Å². The van der Waals surface area contributed by atoms with Crippen LogP contribution in [0.15, 0.2) is 69.1 Å². The summed E-state index contributed by atoms with van der Waals surface area (Å²) in [6, 6.07) is 17.4. The van der Waals surface area contributed by atoms with Crippen molar-refractivity contribution in [3.8, 4) is 11.8 Å². The average Bonchev–Trinajstić information content (AvgIpc) is 2.75. The third-order valence-electron chi connectivity index (χ3n) is 4.79. The molecule has 162 valence electrons. The molecule has 0 fully saturated rings. The van der Waals surface area contributed by atoms with Crippen LogP contribution in [0.5, 0.6) is 5.75 Å². The number of nitrogens with one attached hydrogen (secondary N) is 1. The molecule has 0 saturated carbocycles. The molecular weight excluding hydrogens is 539 g/mol. The number of carbonyl (C=O) groups excluding carboxylic acids is 1. The highest BCUT2D eigenvalue weighted by molar-refractivity contribution is 9.11. The fourth-order valence-electron chi connectivity index (χ4n) is 2.90. The molecule has 32 heavy (non-hydrogen) atoms. The maximum Gasteiger partial charge on any atom is 0.266 e. The summed E-state index contributed by atoms with van der Waals surface area (Å²) < 4.78 is 20.8. The number of halogens is 3. The molecule has 0 atom stereocenters. The van der Waals surface area contributed by atoms with Gasteiger partial charge in [0.25, 0.3) is 5.91 Å². The zero-order chi connectivity index (χ0) is 23.3. The number of rotatable bonds is 6. The van der Waals surface area contributed by atoms with Crippen molar-refractivity contribution in [2.75, 3.05) is 5.32 Å². The minimum absolute atomic E-state index is 0.0398. The van der Waals surface area contributed by atoms with Crippen LogP contribution >= 0.6 is 31.9 Å². The molecule has 0 aromatic heterocycles. The van der Waals surface area contributed by atoms with E-state index < -0.39 is 5.91 Å². The normalized spacial score (nSPS) is 11.1. The molecule has 0 aliphatic heterocycles. The molecule has 1 amide bonds. The topological polar surface area (TPSA) is 62.1 Å². The standard InChI is InChI=1S/C25H19Br2FN2O2/c1-15-7-8-20(9-16(15)2)30-25(31)19(13-29)10-17-11-21(26)24(22(27)12-17)32-14-18-5-3-4-6-23(18)28/h3-12H,14H2,1-2H3,(H,30,31)/b19-10+. The van der Waals surface area contributed by atoms with Crippen molar-refractivity contribution >= 4 is 49.5 Å². The summed E-state index contributed by atoms with van der Waals surface area (Å²) in [6.07, 6.45) is 1.49. The Balaban J connectivity index is 1.78. The Morgan fingerprint density at radius 3 is 2.41 bits per heavy atom. The van der Waals surface area contributed by atoms with Gasteiger partial charge in [0.05, 0.1) is 8.95 Å². The van der Waals surface area contributed by atoms with Crippen LogP contribution in [0.25, 0.3) is 6.08 Å². The fraction of sp³-hybridized carbons (Fsp3) is 0.120. The molecule has 0 saturated heterocycles. The van der Waals surface area contributed by atoms with E-state index in [-0.39, 0.29) is 18.0 Å². The smallest absolute Gasteiger partial charge is 0.266 e.